The highest BCUT2D eigenvalue weighted by atomic mass is 32.2. The molecule has 2 aromatic carbocycles. The number of benzene rings is 2. The van der Waals surface area contributed by atoms with Gasteiger partial charge in [0, 0.05) is 5.38 Å². The molecule has 1 heterocycles. The molecule has 29 heavy (non-hydrogen) atoms. The smallest absolute Gasteiger partial charge is 0.263 e. The zero-order chi connectivity index (χ0) is 20.9. The Kier molecular flexibility index (Phi) is 6.50. The highest BCUT2D eigenvalue weighted by molar-refractivity contribution is 7.93. The van der Waals surface area contributed by atoms with Crippen LogP contribution in [0.2, 0.25) is 0 Å². The van der Waals surface area contributed by atoms with Crippen molar-refractivity contribution in [1.82, 2.24) is 4.98 Å². The molecule has 0 atom stereocenters. The van der Waals surface area contributed by atoms with Crippen LogP contribution >= 0.6 is 11.3 Å². The fourth-order valence-electron chi connectivity index (χ4n) is 2.54. The van der Waals surface area contributed by atoms with E-state index in [9.17, 15) is 13.2 Å². The van der Waals surface area contributed by atoms with Crippen molar-refractivity contribution >= 4 is 38.1 Å². The largest absolute Gasteiger partial charge is 0.492 e. The molecule has 7 nitrogen and oxygen atoms in total. The summed E-state index contributed by atoms with van der Waals surface area (Å²) in [6.07, 6.45) is 0.0171. The highest BCUT2D eigenvalue weighted by Gasteiger charge is 2.17. The van der Waals surface area contributed by atoms with Crippen molar-refractivity contribution < 1.29 is 17.9 Å². The van der Waals surface area contributed by atoms with E-state index in [4.69, 9.17) is 4.74 Å². The number of thiazole rings is 1. The zero-order valence-electron chi connectivity index (χ0n) is 16.0. The number of para-hydroxylation sites is 2. The van der Waals surface area contributed by atoms with Gasteiger partial charge in [0.15, 0.2) is 5.13 Å². The number of nitrogens with one attached hydrogen (secondary N) is 2. The average Bonchev–Trinajstić information content (AvgIpc) is 3.09. The molecule has 3 aromatic rings. The summed E-state index contributed by atoms with van der Waals surface area (Å²) in [6.45, 7) is 4.24. The third-order valence-electron chi connectivity index (χ3n) is 3.91. The maximum atomic E-state index is 12.4. The Morgan fingerprint density at radius 1 is 1.14 bits per heavy atom. The molecule has 0 spiro atoms. The molecule has 0 bridgehead atoms. The molecule has 0 aliphatic heterocycles. The molecule has 1 aromatic heterocycles. The van der Waals surface area contributed by atoms with Gasteiger partial charge in [-0.25, -0.2) is 13.4 Å². The van der Waals surface area contributed by atoms with Gasteiger partial charge in [0.2, 0.25) is 5.91 Å². The van der Waals surface area contributed by atoms with Crippen LogP contribution in [0, 0.1) is 6.92 Å². The van der Waals surface area contributed by atoms with Crippen LogP contribution < -0.4 is 14.8 Å². The highest BCUT2D eigenvalue weighted by Crippen LogP contribution is 2.24. The van der Waals surface area contributed by atoms with Crippen LogP contribution in [-0.2, 0) is 21.2 Å². The molecular formula is C20H21N3O4S2. The van der Waals surface area contributed by atoms with Crippen molar-refractivity contribution in [2.75, 3.05) is 16.6 Å². The zero-order valence-corrected chi connectivity index (χ0v) is 17.6. The maximum Gasteiger partial charge on any atom is 0.263 e. The standard InChI is InChI=1S/C20H21N3O4S2/c1-3-27-18-7-5-4-6-17(18)22-19(24)12-15-13-28-20(21-15)23-29(25,26)16-10-8-14(2)9-11-16/h4-11,13H,3,12H2,1-2H3,(H,21,23)(H,22,24). The van der Waals surface area contributed by atoms with Gasteiger partial charge >= 0.3 is 0 Å². The van der Waals surface area contributed by atoms with Gasteiger partial charge in [0.25, 0.3) is 10.0 Å². The van der Waals surface area contributed by atoms with E-state index in [1.165, 1.54) is 12.1 Å². The number of sulfonamides is 1. The Hall–Kier alpha value is -2.91. The predicted octanol–water partition coefficient (Wildman–Crippen LogP) is 3.83. The fraction of sp³-hybridized carbons (Fsp3) is 0.200. The second-order valence-corrected chi connectivity index (χ2v) is 8.76. The van der Waals surface area contributed by atoms with E-state index in [2.05, 4.69) is 15.0 Å². The van der Waals surface area contributed by atoms with E-state index in [-0.39, 0.29) is 22.4 Å². The summed E-state index contributed by atoms with van der Waals surface area (Å²) in [7, 11) is -3.72. The van der Waals surface area contributed by atoms with Crippen LogP contribution in [0.4, 0.5) is 10.8 Å². The normalized spacial score (nSPS) is 11.1. The Bertz CT molecular complexity index is 1090. The third kappa shape index (κ3) is 5.55. The van der Waals surface area contributed by atoms with Crippen LogP contribution in [0.15, 0.2) is 58.8 Å². The number of carbonyl (C=O) groups excluding carboxylic acids is 1. The Morgan fingerprint density at radius 3 is 2.59 bits per heavy atom. The van der Waals surface area contributed by atoms with Crippen LogP contribution in [-0.4, -0.2) is 25.9 Å². The van der Waals surface area contributed by atoms with Crippen molar-refractivity contribution in [3.63, 3.8) is 0 Å². The molecule has 0 saturated heterocycles. The van der Waals surface area contributed by atoms with Crippen LogP contribution in [0.1, 0.15) is 18.2 Å². The lowest BCUT2D eigenvalue weighted by molar-refractivity contribution is -0.115. The van der Waals surface area contributed by atoms with Gasteiger partial charge in [-0.1, -0.05) is 29.8 Å². The van der Waals surface area contributed by atoms with Gasteiger partial charge in [-0.05, 0) is 38.1 Å². The molecule has 0 unspecified atom stereocenters. The Balaban J connectivity index is 1.64. The van der Waals surface area contributed by atoms with E-state index >= 15 is 0 Å². The van der Waals surface area contributed by atoms with Crippen molar-refractivity contribution in [2.24, 2.45) is 0 Å². The molecule has 9 heteroatoms. The number of nitrogens with zero attached hydrogens (tertiary/aromatic N) is 1. The number of amides is 1. The monoisotopic (exact) mass is 431 g/mol. The lowest BCUT2D eigenvalue weighted by Crippen LogP contribution is -2.16. The first-order valence-corrected chi connectivity index (χ1v) is 11.3. The molecule has 0 fully saturated rings. The first kappa shape index (κ1) is 20.8. The minimum atomic E-state index is -3.72. The predicted molar refractivity (Wildman–Crippen MR) is 114 cm³/mol. The van der Waals surface area contributed by atoms with Crippen LogP contribution in [0.5, 0.6) is 5.75 Å². The van der Waals surface area contributed by atoms with E-state index < -0.39 is 10.0 Å². The fourth-order valence-corrected chi connectivity index (χ4v) is 4.50. The number of carbonyl (C=O) groups is 1. The van der Waals surface area contributed by atoms with Crippen LogP contribution in [0.25, 0.3) is 0 Å². The number of anilines is 2. The summed E-state index contributed by atoms with van der Waals surface area (Å²) in [5, 5.41) is 4.66. The Morgan fingerprint density at radius 2 is 1.86 bits per heavy atom. The van der Waals surface area contributed by atoms with E-state index in [1.54, 1.807) is 35.7 Å². The topological polar surface area (TPSA) is 97.4 Å². The molecule has 0 aliphatic rings. The van der Waals surface area contributed by atoms with Gasteiger partial charge in [-0.2, -0.15) is 0 Å². The number of aromatic nitrogens is 1. The van der Waals surface area contributed by atoms with Gasteiger partial charge in [0.1, 0.15) is 5.75 Å². The maximum absolute atomic E-state index is 12.4. The molecular weight excluding hydrogens is 410 g/mol. The quantitative estimate of drug-likeness (QED) is 0.565. The Labute approximate surface area is 173 Å². The van der Waals surface area contributed by atoms with Gasteiger partial charge < -0.3 is 10.1 Å². The van der Waals surface area contributed by atoms with Crippen molar-refractivity contribution in [3.8, 4) is 5.75 Å². The molecule has 3 rings (SSSR count). The summed E-state index contributed by atoms with van der Waals surface area (Å²) in [5.41, 5.74) is 2.02. The van der Waals surface area contributed by atoms with Gasteiger partial charge in [0.05, 0.1) is 29.3 Å². The van der Waals surface area contributed by atoms with E-state index in [1.807, 2.05) is 19.9 Å². The molecule has 0 aliphatic carbocycles. The molecule has 2 N–H and O–H groups in total. The summed E-state index contributed by atoms with van der Waals surface area (Å²) in [5.74, 6) is 0.323. The number of rotatable bonds is 8. The van der Waals surface area contributed by atoms with Gasteiger partial charge in [-0.3, -0.25) is 9.52 Å². The molecule has 0 saturated carbocycles. The molecule has 1 amide bonds. The molecule has 0 radical (unpaired) electrons. The lowest BCUT2D eigenvalue weighted by Gasteiger charge is -2.10. The average molecular weight is 432 g/mol. The first-order chi connectivity index (χ1) is 13.9. The van der Waals surface area contributed by atoms with Crippen molar-refractivity contribution in [3.05, 3.63) is 65.2 Å². The SMILES string of the molecule is CCOc1ccccc1NC(=O)Cc1csc(NS(=O)(=O)c2ccc(C)cc2)n1. The number of hydrogen-bond acceptors (Lipinski definition) is 6. The second kappa shape index (κ2) is 9.06. The lowest BCUT2D eigenvalue weighted by atomic mass is 10.2. The van der Waals surface area contributed by atoms with Crippen molar-refractivity contribution in [2.45, 2.75) is 25.2 Å². The third-order valence-corrected chi connectivity index (χ3v) is 6.20. The summed E-state index contributed by atoms with van der Waals surface area (Å²) < 4.78 is 32.8. The minimum absolute atomic E-state index is 0.0171. The molecule has 152 valence electrons. The number of ether oxygens (including phenoxy) is 1. The van der Waals surface area contributed by atoms with Crippen LogP contribution in [0.3, 0.4) is 0 Å². The summed E-state index contributed by atoms with van der Waals surface area (Å²) >= 11 is 1.13. The number of aryl methyl sites for hydroxylation is 1. The second-order valence-electron chi connectivity index (χ2n) is 6.22. The first-order valence-electron chi connectivity index (χ1n) is 8.93. The summed E-state index contributed by atoms with van der Waals surface area (Å²) in [6, 6.07) is 13.7. The number of hydrogen-bond donors (Lipinski definition) is 2. The van der Waals surface area contributed by atoms with E-state index in [0.29, 0.717) is 23.7 Å². The van der Waals surface area contributed by atoms with Gasteiger partial charge in [-0.15, -0.1) is 11.3 Å². The van der Waals surface area contributed by atoms with E-state index in [0.717, 1.165) is 16.9 Å². The van der Waals surface area contributed by atoms with Crippen molar-refractivity contribution in [1.29, 1.82) is 0 Å². The summed E-state index contributed by atoms with van der Waals surface area (Å²) in [4.78, 5) is 16.7. The minimum Gasteiger partial charge on any atom is -0.492 e.